The SMILES string of the molecule is CC(C)C1=[C-]CC=C1C(C)C.C[N-]C.C[N-]C.C[N-]C.[Hf+4]. The van der Waals surface area contributed by atoms with E-state index >= 15 is 0 Å². The van der Waals surface area contributed by atoms with E-state index < -0.39 is 0 Å². The zero-order valence-electron chi connectivity index (χ0n) is 15.8. The second kappa shape index (κ2) is 22.5. The van der Waals surface area contributed by atoms with Crippen molar-refractivity contribution in [3.8, 4) is 0 Å². The minimum Gasteiger partial charge on any atom is -0.668 e. The monoisotopic (exact) mass is 461 g/mol. The summed E-state index contributed by atoms with van der Waals surface area (Å²) in [6, 6.07) is 0. The van der Waals surface area contributed by atoms with Gasteiger partial charge in [0, 0.05) is 0 Å². The summed E-state index contributed by atoms with van der Waals surface area (Å²) in [7, 11) is 10.5. The molecular weight excluding hydrogens is 425 g/mol. The standard InChI is InChI=1S/C11H17.3C2H6N.Hf/c1-8(2)10-6-5-7-11(10)9(3)4;3*1-3-2;/h6,8-9H,5H2,1-4H3;3*1-2H3;/q4*-1;+4. The fourth-order valence-electron chi connectivity index (χ4n) is 1.57. The topological polar surface area (TPSA) is 42.3 Å². The van der Waals surface area contributed by atoms with Crippen molar-refractivity contribution in [3.63, 3.8) is 0 Å². The average Bonchev–Trinajstić information content (AvgIpc) is 2.81. The maximum Gasteiger partial charge on any atom is 4.00 e. The summed E-state index contributed by atoms with van der Waals surface area (Å²) in [5.74, 6) is 1.31. The van der Waals surface area contributed by atoms with Gasteiger partial charge >= 0.3 is 25.8 Å². The molecule has 0 saturated heterocycles. The van der Waals surface area contributed by atoms with Gasteiger partial charge in [0.1, 0.15) is 0 Å². The second-order valence-corrected chi connectivity index (χ2v) is 5.11. The van der Waals surface area contributed by atoms with Crippen LogP contribution in [0.4, 0.5) is 0 Å². The van der Waals surface area contributed by atoms with Crippen LogP contribution < -0.4 is 0 Å². The van der Waals surface area contributed by atoms with E-state index in [4.69, 9.17) is 0 Å². The molecule has 0 amide bonds. The molecule has 0 aromatic carbocycles. The molecule has 21 heavy (non-hydrogen) atoms. The van der Waals surface area contributed by atoms with Crippen molar-refractivity contribution in [2.45, 2.75) is 34.1 Å². The van der Waals surface area contributed by atoms with Crippen LogP contribution in [0.15, 0.2) is 17.2 Å². The summed E-state index contributed by atoms with van der Waals surface area (Å²) >= 11 is 0. The quantitative estimate of drug-likeness (QED) is 0.401. The minimum atomic E-state index is 0. The molecule has 0 unspecified atom stereocenters. The largest absolute Gasteiger partial charge is 4.00 e. The van der Waals surface area contributed by atoms with Gasteiger partial charge in [0.25, 0.3) is 0 Å². The van der Waals surface area contributed by atoms with E-state index in [9.17, 15) is 0 Å². The van der Waals surface area contributed by atoms with E-state index in [0.717, 1.165) is 6.42 Å². The number of nitrogens with zero attached hydrogens (tertiary/aromatic N) is 3. The smallest absolute Gasteiger partial charge is 0.668 e. The van der Waals surface area contributed by atoms with Gasteiger partial charge in [-0.25, -0.2) is 5.57 Å². The summed E-state index contributed by atoms with van der Waals surface area (Å²) in [4.78, 5) is 0. The molecule has 1 aliphatic rings. The van der Waals surface area contributed by atoms with Gasteiger partial charge in [-0.3, -0.25) is 6.08 Å². The van der Waals surface area contributed by atoms with Crippen LogP contribution in [0.25, 0.3) is 16.0 Å². The minimum absolute atomic E-state index is 0. The molecule has 1 aliphatic carbocycles. The van der Waals surface area contributed by atoms with Crippen LogP contribution in [-0.4, -0.2) is 42.3 Å². The van der Waals surface area contributed by atoms with Gasteiger partial charge in [0.15, 0.2) is 0 Å². The first-order chi connectivity index (χ1) is 9.37. The Kier molecular flexibility index (Phi) is 31.4. The third-order valence-electron chi connectivity index (χ3n) is 2.12. The zero-order chi connectivity index (χ0) is 16.6. The predicted octanol–water partition coefficient (Wildman–Crippen LogP) is 5.21. The molecule has 0 heterocycles. The Morgan fingerprint density at radius 3 is 1.33 bits per heavy atom. The van der Waals surface area contributed by atoms with Crippen molar-refractivity contribution in [3.05, 3.63) is 39.2 Å². The molecule has 0 aliphatic heterocycles. The van der Waals surface area contributed by atoms with Crippen LogP contribution in [0.2, 0.25) is 0 Å². The molecule has 122 valence electrons. The van der Waals surface area contributed by atoms with Crippen molar-refractivity contribution in [1.82, 2.24) is 0 Å². The predicted molar refractivity (Wildman–Crippen MR) is 94.8 cm³/mol. The molecule has 0 radical (unpaired) electrons. The summed E-state index contributed by atoms with van der Waals surface area (Å²) in [5.41, 5.74) is 2.96. The Labute approximate surface area is 153 Å². The number of hydrogen-bond acceptors (Lipinski definition) is 0. The third kappa shape index (κ3) is 20.2. The summed E-state index contributed by atoms with van der Waals surface area (Å²) in [5, 5.41) is 10.5. The van der Waals surface area contributed by atoms with E-state index in [1.807, 2.05) is 0 Å². The molecule has 0 N–H and O–H groups in total. The van der Waals surface area contributed by atoms with Crippen molar-refractivity contribution in [2.75, 3.05) is 42.3 Å². The van der Waals surface area contributed by atoms with E-state index in [0.29, 0.717) is 11.8 Å². The Hall–Kier alpha value is 0.230. The second-order valence-electron chi connectivity index (χ2n) is 5.11. The molecule has 0 atom stereocenters. The maximum absolute atomic E-state index is 3.50. The molecule has 0 aromatic rings. The van der Waals surface area contributed by atoms with Gasteiger partial charge < -0.3 is 16.0 Å². The van der Waals surface area contributed by atoms with Gasteiger partial charge in [0.2, 0.25) is 0 Å². The van der Waals surface area contributed by atoms with E-state index in [-0.39, 0.29) is 25.8 Å². The van der Waals surface area contributed by atoms with Crippen molar-refractivity contribution in [2.24, 2.45) is 11.8 Å². The van der Waals surface area contributed by atoms with Crippen LogP contribution in [0, 0.1) is 17.9 Å². The Bertz CT molecular complexity index is 220. The van der Waals surface area contributed by atoms with Crippen LogP contribution in [0.5, 0.6) is 0 Å². The number of allylic oxidation sites excluding steroid dienone is 4. The molecule has 0 bridgehead atoms. The van der Waals surface area contributed by atoms with Gasteiger partial charge in [-0.15, -0.1) is 6.42 Å². The van der Waals surface area contributed by atoms with Crippen LogP contribution >= 0.6 is 0 Å². The number of rotatable bonds is 2. The first-order valence-corrected chi connectivity index (χ1v) is 7.12. The Morgan fingerprint density at radius 2 is 1.14 bits per heavy atom. The maximum atomic E-state index is 3.50. The van der Waals surface area contributed by atoms with Gasteiger partial charge in [0.05, 0.1) is 0 Å². The molecule has 0 fully saturated rings. The van der Waals surface area contributed by atoms with E-state index in [1.165, 1.54) is 11.1 Å². The first-order valence-electron chi connectivity index (χ1n) is 7.12. The summed E-state index contributed by atoms with van der Waals surface area (Å²) < 4.78 is 0. The van der Waals surface area contributed by atoms with Crippen LogP contribution in [-0.2, 0) is 25.8 Å². The average molecular weight is 460 g/mol. The molecule has 4 heteroatoms. The van der Waals surface area contributed by atoms with Gasteiger partial charge in [-0.1, -0.05) is 39.5 Å². The molecule has 0 saturated carbocycles. The third-order valence-corrected chi connectivity index (χ3v) is 2.12. The fourth-order valence-corrected chi connectivity index (χ4v) is 1.57. The Morgan fingerprint density at radius 1 is 0.810 bits per heavy atom. The normalized spacial score (nSPS) is 11.8. The Balaban J connectivity index is -0.000000122. The first kappa shape index (κ1) is 29.3. The van der Waals surface area contributed by atoms with Crippen LogP contribution in [0.1, 0.15) is 34.1 Å². The molecule has 3 nitrogen and oxygen atoms in total. The van der Waals surface area contributed by atoms with Gasteiger partial charge in [-0.2, -0.15) is 53.9 Å². The summed E-state index contributed by atoms with van der Waals surface area (Å²) in [6.45, 7) is 8.98. The van der Waals surface area contributed by atoms with Gasteiger partial charge in [-0.05, 0) is 0 Å². The van der Waals surface area contributed by atoms with Crippen molar-refractivity contribution in [1.29, 1.82) is 0 Å². The van der Waals surface area contributed by atoms with Crippen molar-refractivity contribution < 1.29 is 25.8 Å². The summed E-state index contributed by atoms with van der Waals surface area (Å²) in [6.07, 6.45) is 6.75. The molecule has 0 spiro atoms. The molecular formula is C17H35HfN3. The van der Waals surface area contributed by atoms with E-state index in [2.05, 4.69) is 55.8 Å². The van der Waals surface area contributed by atoms with E-state index in [1.54, 1.807) is 42.3 Å². The fraction of sp³-hybridized carbons (Fsp3) is 0.765. The molecule has 0 aromatic heterocycles. The van der Waals surface area contributed by atoms with Crippen molar-refractivity contribution >= 4 is 0 Å². The molecule has 1 rings (SSSR count). The zero-order valence-corrected chi connectivity index (χ0v) is 19.4. The van der Waals surface area contributed by atoms with Crippen LogP contribution in [0.3, 0.4) is 0 Å². The number of hydrogen-bond donors (Lipinski definition) is 0.